The molecule has 4 rings (SSSR count). The van der Waals surface area contributed by atoms with Gasteiger partial charge in [0.25, 0.3) is 5.91 Å². The predicted molar refractivity (Wildman–Crippen MR) is 107 cm³/mol. The number of aromatic nitrogens is 3. The molecule has 2 heterocycles. The number of fused-ring (bicyclic) bond motifs is 1. The maximum absolute atomic E-state index is 13.7. The maximum Gasteiger partial charge on any atom is 0.274 e. The van der Waals surface area contributed by atoms with E-state index in [1.807, 2.05) is 30.5 Å². The molecule has 0 atom stereocenters. The first-order valence-electron chi connectivity index (χ1n) is 8.99. The lowest BCUT2D eigenvalue weighted by atomic mass is 10.1. The van der Waals surface area contributed by atoms with Crippen LogP contribution in [0.3, 0.4) is 0 Å². The quantitative estimate of drug-likeness (QED) is 0.460. The molecule has 0 unspecified atom stereocenters. The van der Waals surface area contributed by atoms with Crippen LogP contribution < -0.4 is 10.6 Å². The summed E-state index contributed by atoms with van der Waals surface area (Å²) in [5.74, 6) is -2.18. The summed E-state index contributed by atoms with van der Waals surface area (Å²) in [4.78, 5) is 23.7. The molecule has 0 aliphatic carbocycles. The van der Waals surface area contributed by atoms with Crippen LogP contribution in [-0.2, 0) is 6.42 Å². The van der Waals surface area contributed by atoms with E-state index >= 15 is 0 Å². The van der Waals surface area contributed by atoms with Gasteiger partial charge in [-0.25, -0.2) is 18.7 Å². The van der Waals surface area contributed by atoms with Crippen LogP contribution in [0.15, 0.2) is 60.9 Å². The summed E-state index contributed by atoms with van der Waals surface area (Å²) in [6, 6.07) is 12.7. The molecule has 8 heteroatoms. The first-order valence-corrected chi connectivity index (χ1v) is 8.99. The van der Waals surface area contributed by atoms with Crippen molar-refractivity contribution in [2.45, 2.75) is 6.42 Å². The first kappa shape index (κ1) is 18.5. The molecule has 4 aromatic rings. The van der Waals surface area contributed by atoms with Crippen molar-refractivity contribution in [2.75, 3.05) is 17.2 Å². The predicted octanol–water partition coefficient (Wildman–Crippen LogP) is 4.14. The third kappa shape index (κ3) is 4.06. The second kappa shape index (κ2) is 8.05. The summed E-state index contributed by atoms with van der Waals surface area (Å²) >= 11 is 0. The van der Waals surface area contributed by atoms with Gasteiger partial charge in [-0.3, -0.25) is 4.79 Å². The molecule has 2 aromatic carbocycles. The molecule has 0 aliphatic heterocycles. The molecule has 0 saturated carbocycles. The lowest BCUT2D eigenvalue weighted by molar-refractivity contribution is 0.102. The van der Waals surface area contributed by atoms with Gasteiger partial charge >= 0.3 is 0 Å². The largest absolute Gasteiger partial charge is 0.361 e. The number of hydrogen-bond donors (Lipinski definition) is 3. The topological polar surface area (TPSA) is 82.7 Å². The highest BCUT2D eigenvalue weighted by Crippen LogP contribution is 2.19. The van der Waals surface area contributed by atoms with Gasteiger partial charge in [0.2, 0.25) is 5.95 Å². The number of hydrogen-bond acceptors (Lipinski definition) is 4. The fraction of sp³-hybridized carbons (Fsp3) is 0.0952. The highest BCUT2D eigenvalue weighted by atomic mass is 19.1. The number of nitrogens with one attached hydrogen (secondary N) is 3. The smallest absolute Gasteiger partial charge is 0.274 e. The molecule has 146 valence electrons. The summed E-state index contributed by atoms with van der Waals surface area (Å²) in [6.45, 7) is 0.550. The Morgan fingerprint density at radius 2 is 1.83 bits per heavy atom. The number of anilines is 2. The van der Waals surface area contributed by atoms with Gasteiger partial charge in [-0.05, 0) is 36.2 Å². The molecule has 2 aromatic heterocycles. The Kier molecular flexibility index (Phi) is 5.15. The third-order valence-electron chi connectivity index (χ3n) is 4.44. The minimum absolute atomic E-state index is 0.00255. The van der Waals surface area contributed by atoms with Gasteiger partial charge in [-0.1, -0.05) is 24.3 Å². The Labute approximate surface area is 165 Å². The van der Waals surface area contributed by atoms with Gasteiger partial charge in [0, 0.05) is 29.8 Å². The van der Waals surface area contributed by atoms with Crippen LogP contribution in [-0.4, -0.2) is 27.4 Å². The van der Waals surface area contributed by atoms with E-state index in [0.29, 0.717) is 6.54 Å². The number of benzene rings is 2. The SMILES string of the molecule is O=C(Nc1c(F)cccc1F)c1ccnc(NCCc2c[nH]c3ccccc23)n1. The van der Waals surface area contributed by atoms with Crippen molar-refractivity contribution >= 4 is 28.4 Å². The Morgan fingerprint density at radius 1 is 1.03 bits per heavy atom. The highest BCUT2D eigenvalue weighted by Gasteiger charge is 2.15. The van der Waals surface area contributed by atoms with Crippen LogP contribution in [0.25, 0.3) is 10.9 Å². The van der Waals surface area contributed by atoms with E-state index in [-0.39, 0.29) is 11.6 Å². The van der Waals surface area contributed by atoms with Gasteiger partial charge in [-0.2, -0.15) is 0 Å². The Hall–Kier alpha value is -3.81. The number of carbonyl (C=O) groups is 1. The Morgan fingerprint density at radius 3 is 2.66 bits per heavy atom. The van der Waals surface area contributed by atoms with Crippen LogP contribution >= 0.6 is 0 Å². The molecule has 0 fully saturated rings. The van der Waals surface area contributed by atoms with Gasteiger partial charge in [-0.15, -0.1) is 0 Å². The third-order valence-corrected chi connectivity index (χ3v) is 4.44. The van der Waals surface area contributed by atoms with Crippen LogP contribution in [0.5, 0.6) is 0 Å². The second-order valence-corrected chi connectivity index (χ2v) is 6.35. The van der Waals surface area contributed by atoms with Gasteiger partial charge in [0.15, 0.2) is 0 Å². The zero-order valence-corrected chi connectivity index (χ0v) is 15.2. The fourth-order valence-electron chi connectivity index (χ4n) is 3.01. The number of amides is 1. The molecule has 1 amide bonds. The van der Waals surface area contributed by atoms with Gasteiger partial charge in [0.1, 0.15) is 23.0 Å². The molecule has 29 heavy (non-hydrogen) atoms. The van der Waals surface area contributed by atoms with Crippen molar-refractivity contribution in [3.8, 4) is 0 Å². The molecule has 6 nitrogen and oxygen atoms in total. The van der Waals surface area contributed by atoms with E-state index in [0.717, 1.165) is 35.0 Å². The monoisotopic (exact) mass is 393 g/mol. The molecule has 0 aliphatic rings. The van der Waals surface area contributed by atoms with Crippen LogP contribution in [0.4, 0.5) is 20.4 Å². The first-order chi connectivity index (χ1) is 14.1. The number of aromatic amines is 1. The average Bonchev–Trinajstić information content (AvgIpc) is 3.14. The van der Waals surface area contributed by atoms with Crippen LogP contribution in [0, 0.1) is 11.6 Å². The summed E-state index contributed by atoms with van der Waals surface area (Å²) in [7, 11) is 0. The summed E-state index contributed by atoms with van der Waals surface area (Å²) in [5, 5.41) is 6.42. The van der Waals surface area contributed by atoms with E-state index in [2.05, 4.69) is 25.6 Å². The van der Waals surface area contributed by atoms with Crippen LogP contribution in [0.2, 0.25) is 0 Å². The summed E-state index contributed by atoms with van der Waals surface area (Å²) in [5.41, 5.74) is 1.71. The van der Waals surface area contributed by atoms with E-state index < -0.39 is 23.2 Å². The van der Waals surface area contributed by atoms with Gasteiger partial charge < -0.3 is 15.6 Å². The van der Waals surface area contributed by atoms with Crippen molar-refractivity contribution in [1.82, 2.24) is 15.0 Å². The minimum atomic E-state index is -0.857. The number of rotatable bonds is 6. The summed E-state index contributed by atoms with van der Waals surface area (Å²) in [6.07, 6.45) is 4.10. The standard InChI is InChI=1S/C21H17F2N5O/c22-15-5-3-6-16(23)19(15)28-20(29)18-9-11-25-21(27-18)24-10-8-13-12-26-17-7-2-1-4-14(13)17/h1-7,9,11-12,26H,8,10H2,(H,28,29)(H,24,25,27). The molecule has 3 N–H and O–H groups in total. The number of para-hydroxylation sites is 2. The van der Waals surface area contributed by atoms with E-state index in [9.17, 15) is 13.6 Å². The number of nitrogens with zero attached hydrogens (tertiary/aromatic N) is 2. The molecule has 0 saturated heterocycles. The zero-order valence-electron chi connectivity index (χ0n) is 15.2. The maximum atomic E-state index is 13.7. The molecular weight excluding hydrogens is 376 g/mol. The van der Waals surface area contributed by atoms with Crippen molar-refractivity contribution in [2.24, 2.45) is 0 Å². The fourth-order valence-corrected chi connectivity index (χ4v) is 3.01. The number of carbonyl (C=O) groups excluding carboxylic acids is 1. The van der Waals surface area contributed by atoms with Crippen molar-refractivity contribution in [1.29, 1.82) is 0 Å². The second-order valence-electron chi connectivity index (χ2n) is 6.35. The van der Waals surface area contributed by atoms with Crippen molar-refractivity contribution in [3.05, 3.63) is 83.8 Å². The van der Waals surface area contributed by atoms with Crippen molar-refractivity contribution in [3.63, 3.8) is 0 Å². The Balaban J connectivity index is 1.41. The summed E-state index contributed by atoms with van der Waals surface area (Å²) < 4.78 is 27.4. The van der Waals surface area contributed by atoms with E-state index in [4.69, 9.17) is 0 Å². The Bertz CT molecular complexity index is 1150. The molecule has 0 radical (unpaired) electrons. The lowest BCUT2D eigenvalue weighted by Gasteiger charge is -2.08. The molecule has 0 bridgehead atoms. The van der Waals surface area contributed by atoms with Crippen LogP contribution in [0.1, 0.15) is 16.1 Å². The van der Waals surface area contributed by atoms with E-state index in [1.54, 1.807) is 0 Å². The zero-order chi connectivity index (χ0) is 20.2. The lowest BCUT2D eigenvalue weighted by Crippen LogP contribution is -2.17. The normalized spacial score (nSPS) is 10.8. The number of H-pyrrole nitrogens is 1. The van der Waals surface area contributed by atoms with E-state index in [1.165, 1.54) is 18.3 Å². The number of halogens is 2. The molecule has 0 spiro atoms. The average molecular weight is 393 g/mol. The minimum Gasteiger partial charge on any atom is -0.361 e. The van der Waals surface area contributed by atoms with Crippen molar-refractivity contribution < 1.29 is 13.6 Å². The van der Waals surface area contributed by atoms with Gasteiger partial charge in [0.05, 0.1) is 0 Å². The molecular formula is C21H17F2N5O. The highest BCUT2D eigenvalue weighted by molar-refractivity contribution is 6.03.